The summed E-state index contributed by atoms with van der Waals surface area (Å²) in [6.07, 6.45) is 3.44. The molecule has 0 aromatic heterocycles. The smallest absolute Gasteiger partial charge is 0.161 e. The quantitative estimate of drug-likeness (QED) is 0.890. The summed E-state index contributed by atoms with van der Waals surface area (Å²) < 4.78 is 11.4. The van der Waals surface area contributed by atoms with Crippen LogP contribution in [0.3, 0.4) is 0 Å². The lowest BCUT2D eigenvalue weighted by atomic mass is 10.1. The standard InChI is InChI=1S/C14H21NO2S/c1-16-13-3-2-11(4-7-15)10-14(13)17-12-5-8-18-9-6-12/h2-3,10,12H,4-9,15H2,1H3. The number of methoxy groups -OCH3 is 1. The Morgan fingerprint density at radius 3 is 2.72 bits per heavy atom. The first-order valence-corrected chi connectivity index (χ1v) is 7.60. The summed E-state index contributed by atoms with van der Waals surface area (Å²) in [5.41, 5.74) is 6.80. The van der Waals surface area contributed by atoms with E-state index < -0.39 is 0 Å². The molecule has 1 fully saturated rings. The molecule has 0 saturated carbocycles. The van der Waals surface area contributed by atoms with Gasteiger partial charge in [-0.15, -0.1) is 0 Å². The molecule has 1 aromatic rings. The lowest BCUT2D eigenvalue weighted by molar-refractivity contribution is 0.184. The van der Waals surface area contributed by atoms with Crippen LogP contribution in [0.4, 0.5) is 0 Å². The Kier molecular flexibility index (Phi) is 5.20. The molecule has 0 amide bonds. The Balaban J connectivity index is 2.09. The predicted octanol–water partition coefficient (Wildman–Crippen LogP) is 2.47. The van der Waals surface area contributed by atoms with Crippen molar-refractivity contribution in [2.45, 2.75) is 25.4 Å². The molecule has 4 heteroatoms. The minimum atomic E-state index is 0.327. The van der Waals surface area contributed by atoms with E-state index in [0.29, 0.717) is 12.6 Å². The molecule has 0 spiro atoms. The summed E-state index contributed by atoms with van der Waals surface area (Å²) >= 11 is 2.00. The van der Waals surface area contributed by atoms with Crippen LogP contribution in [-0.4, -0.2) is 31.3 Å². The zero-order valence-corrected chi connectivity index (χ0v) is 11.7. The fraction of sp³-hybridized carbons (Fsp3) is 0.571. The largest absolute Gasteiger partial charge is 0.493 e. The summed E-state index contributed by atoms with van der Waals surface area (Å²) in [5.74, 6) is 4.06. The van der Waals surface area contributed by atoms with Gasteiger partial charge >= 0.3 is 0 Å². The van der Waals surface area contributed by atoms with E-state index in [9.17, 15) is 0 Å². The first-order valence-electron chi connectivity index (χ1n) is 6.45. The van der Waals surface area contributed by atoms with Crippen LogP contribution < -0.4 is 15.2 Å². The summed E-state index contributed by atoms with van der Waals surface area (Å²) in [6, 6.07) is 6.08. The number of benzene rings is 1. The highest BCUT2D eigenvalue weighted by Gasteiger charge is 2.17. The molecule has 0 atom stereocenters. The molecule has 0 radical (unpaired) electrons. The second-order valence-electron chi connectivity index (χ2n) is 4.45. The van der Waals surface area contributed by atoms with Gasteiger partial charge in [0.15, 0.2) is 11.5 Å². The SMILES string of the molecule is COc1ccc(CCN)cc1OC1CCSCC1. The van der Waals surface area contributed by atoms with Crippen LogP contribution in [0.1, 0.15) is 18.4 Å². The lowest BCUT2D eigenvalue weighted by Gasteiger charge is -2.24. The van der Waals surface area contributed by atoms with Crippen molar-refractivity contribution < 1.29 is 9.47 Å². The maximum Gasteiger partial charge on any atom is 0.161 e. The highest BCUT2D eigenvalue weighted by Crippen LogP contribution is 2.31. The Morgan fingerprint density at radius 2 is 2.06 bits per heavy atom. The van der Waals surface area contributed by atoms with Crippen molar-refractivity contribution in [2.75, 3.05) is 25.2 Å². The van der Waals surface area contributed by atoms with Gasteiger partial charge in [-0.25, -0.2) is 0 Å². The van der Waals surface area contributed by atoms with Crippen LogP contribution in [0.2, 0.25) is 0 Å². The Morgan fingerprint density at radius 1 is 1.28 bits per heavy atom. The molecule has 1 heterocycles. The van der Waals surface area contributed by atoms with Crippen molar-refractivity contribution in [3.05, 3.63) is 23.8 Å². The average Bonchev–Trinajstić information content (AvgIpc) is 2.41. The number of hydrogen-bond acceptors (Lipinski definition) is 4. The maximum atomic E-state index is 6.09. The van der Waals surface area contributed by atoms with Crippen LogP contribution >= 0.6 is 11.8 Å². The average molecular weight is 267 g/mol. The van der Waals surface area contributed by atoms with Gasteiger partial charge in [0.1, 0.15) is 6.10 Å². The van der Waals surface area contributed by atoms with Crippen LogP contribution in [0.25, 0.3) is 0 Å². The normalized spacial score (nSPS) is 16.6. The molecule has 0 unspecified atom stereocenters. The van der Waals surface area contributed by atoms with Crippen LogP contribution in [0, 0.1) is 0 Å². The molecule has 1 aliphatic heterocycles. The van der Waals surface area contributed by atoms with E-state index in [0.717, 1.165) is 30.8 Å². The fourth-order valence-corrected chi connectivity index (χ4v) is 3.17. The van der Waals surface area contributed by atoms with Crippen molar-refractivity contribution >= 4 is 11.8 Å². The second-order valence-corrected chi connectivity index (χ2v) is 5.68. The fourth-order valence-electron chi connectivity index (χ4n) is 2.11. The number of hydrogen-bond donors (Lipinski definition) is 1. The van der Waals surface area contributed by atoms with Gasteiger partial charge in [0.05, 0.1) is 7.11 Å². The third kappa shape index (κ3) is 3.56. The molecule has 0 aliphatic carbocycles. The van der Waals surface area contributed by atoms with Crippen molar-refractivity contribution in [3.63, 3.8) is 0 Å². The van der Waals surface area contributed by atoms with Crippen molar-refractivity contribution in [2.24, 2.45) is 5.73 Å². The van der Waals surface area contributed by atoms with Gasteiger partial charge in [-0.05, 0) is 55.0 Å². The topological polar surface area (TPSA) is 44.5 Å². The number of ether oxygens (including phenoxy) is 2. The molecule has 18 heavy (non-hydrogen) atoms. The van der Waals surface area contributed by atoms with E-state index in [4.69, 9.17) is 15.2 Å². The molecule has 2 N–H and O–H groups in total. The minimum absolute atomic E-state index is 0.327. The third-order valence-electron chi connectivity index (χ3n) is 3.12. The maximum absolute atomic E-state index is 6.09. The summed E-state index contributed by atoms with van der Waals surface area (Å²) in [6.45, 7) is 0.659. The van der Waals surface area contributed by atoms with E-state index in [2.05, 4.69) is 12.1 Å². The van der Waals surface area contributed by atoms with Gasteiger partial charge in [-0.3, -0.25) is 0 Å². The van der Waals surface area contributed by atoms with Gasteiger partial charge in [0.25, 0.3) is 0 Å². The monoisotopic (exact) mass is 267 g/mol. The summed E-state index contributed by atoms with van der Waals surface area (Å²) in [5, 5.41) is 0. The van der Waals surface area contributed by atoms with Gasteiger partial charge in [0.2, 0.25) is 0 Å². The molecule has 3 nitrogen and oxygen atoms in total. The second kappa shape index (κ2) is 6.90. The van der Waals surface area contributed by atoms with Crippen LogP contribution in [0.5, 0.6) is 11.5 Å². The molecular formula is C14H21NO2S. The Bertz CT molecular complexity index is 378. The van der Waals surface area contributed by atoms with E-state index in [1.54, 1.807) is 7.11 Å². The molecule has 1 aliphatic rings. The molecule has 100 valence electrons. The third-order valence-corrected chi connectivity index (χ3v) is 4.17. The van der Waals surface area contributed by atoms with E-state index in [1.165, 1.54) is 17.1 Å². The number of thioether (sulfide) groups is 1. The Labute approximate surface area is 113 Å². The van der Waals surface area contributed by atoms with Gasteiger partial charge in [-0.1, -0.05) is 6.07 Å². The van der Waals surface area contributed by atoms with Gasteiger partial charge in [-0.2, -0.15) is 11.8 Å². The van der Waals surface area contributed by atoms with Crippen molar-refractivity contribution in [3.8, 4) is 11.5 Å². The highest BCUT2D eigenvalue weighted by molar-refractivity contribution is 7.99. The summed E-state index contributed by atoms with van der Waals surface area (Å²) in [4.78, 5) is 0. The number of nitrogens with two attached hydrogens (primary N) is 1. The van der Waals surface area contributed by atoms with Crippen LogP contribution in [-0.2, 0) is 6.42 Å². The Hall–Kier alpha value is -0.870. The van der Waals surface area contributed by atoms with Crippen LogP contribution in [0.15, 0.2) is 18.2 Å². The molecule has 1 aromatic carbocycles. The lowest BCUT2D eigenvalue weighted by Crippen LogP contribution is -2.22. The highest BCUT2D eigenvalue weighted by atomic mass is 32.2. The molecule has 0 bridgehead atoms. The number of rotatable bonds is 5. The minimum Gasteiger partial charge on any atom is -0.493 e. The zero-order chi connectivity index (χ0) is 12.8. The van der Waals surface area contributed by atoms with Gasteiger partial charge in [0, 0.05) is 0 Å². The molecule has 2 rings (SSSR count). The van der Waals surface area contributed by atoms with E-state index in [1.807, 2.05) is 17.8 Å². The predicted molar refractivity (Wildman–Crippen MR) is 76.7 cm³/mol. The van der Waals surface area contributed by atoms with Crippen molar-refractivity contribution in [1.82, 2.24) is 0 Å². The molecule has 1 saturated heterocycles. The summed E-state index contributed by atoms with van der Waals surface area (Å²) in [7, 11) is 1.68. The first-order chi connectivity index (χ1) is 8.83. The van der Waals surface area contributed by atoms with Gasteiger partial charge < -0.3 is 15.2 Å². The molecular weight excluding hydrogens is 246 g/mol. The van der Waals surface area contributed by atoms with Crippen molar-refractivity contribution in [1.29, 1.82) is 0 Å². The van der Waals surface area contributed by atoms with E-state index >= 15 is 0 Å². The first kappa shape index (κ1) is 13.6. The zero-order valence-electron chi connectivity index (χ0n) is 10.9. The van der Waals surface area contributed by atoms with E-state index in [-0.39, 0.29) is 0 Å².